The summed E-state index contributed by atoms with van der Waals surface area (Å²) in [5.41, 5.74) is 2.47. The van der Waals surface area contributed by atoms with E-state index < -0.39 is 81.1 Å². The second kappa shape index (κ2) is 24.1. The summed E-state index contributed by atoms with van der Waals surface area (Å²) in [6.07, 6.45) is 4.03. The molecule has 2 N–H and O–H groups in total. The number of nitrogens with one attached hydrogen (secondary N) is 2. The summed E-state index contributed by atoms with van der Waals surface area (Å²) in [6, 6.07) is 1.54. The number of carbonyl (C=O) groups is 4. The van der Waals surface area contributed by atoms with E-state index in [1.165, 1.54) is 23.3 Å². The maximum atomic E-state index is 14.0. The van der Waals surface area contributed by atoms with Crippen LogP contribution < -0.4 is 16.4 Å². The lowest BCUT2D eigenvalue weighted by atomic mass is 9.86. The fourth-order valence-corrected chi connectivity index (χ4v) is 10.6. The predicted octanol–water partition coefficient (Wildman–Crippen LogP) is 10.7. The van der Waals surface area contributed by atoms with Gasteiger partial charge in [0.15, 0.2) is 35.2 Å². The topological polar surface area (TPSA) is 186 Å². The van der Waals surface area contributed by atoms with Crippen molar-refractivity contribution in [2.45, 2.75) is 199 Å². The van der Waals surface area contributed by atoms with Gasteiger partial charge in [0.1, 0.15) is 5.82 Å². The fraction of sp³-hybridized carbons (Fsp3) is 0.787. The Morgan fingerprint density at radius 1 is 0.836 bits per heavy atom. The zero-order chi connectivity index (χ0) is 50.8. The van der Waals surface area contributed by atoms with Crippen molar-refractivity contribution in [3.8, 4) is 0 Å². The van der Waals surface area contributed by atoms with Gasteiger partial charge in [-0.3, -0.25) is 14.7 Å². The molecule has 1 aliphatic heterocycles. The highest BCUT2D eigenvalue weighted by Gasteiger charge is 2.48. The molecule has 0 unspecified atom stereocenters. The average Bonchev–Trinajstić information content (AvgIpc) is 3.48. The maximum absolute atomic E-state index is 14.0. The van der Waals surface area contributed by atoms with Crippen LogP contribution in [0.25, 0.3) is 0 Å². The lowest BCUT2D eigenvalue weighted by Crippen LogP contribution is -2.56. The minimum absolute atomic E-state index is 0.0266. The van der Waals surface area contributed by atoms with E-state index >= 15 is 0 Å². The van der Waals surface area contributed by atoms with Crippen LogP contribution in [0.2, 0.25) is 87.6 Å². The van der Waals surface area contributed by atoms with Crippen LogP contribution in [-0.4, -0.2) is 110 Å². The number of rotatable bonds is 21. The third-order valence-corrected chi connectivity index (χ3v) is 26.0. The van der Waals surface area contributed by atoms with E-state index in [-0.39, 0.29) is 54.5 Å². The van der Waals surface area contributed by atoms with Crippen molar-refractivity contribution in [1.82, 2.24) is 20.0 Å². The van der Waals surface area contributed by atoms with Crippen LogP contribution in [0.4, 0.5) is 15.4 Å². The maximum Gasteiger partial charge on any atom is 0.426 e. The third kappa shape index (κ3) is 18.6. The van der Waals surface area contributed by atoms with Gasteiger partial charge in [-0.1, -0.05) is 120 Å². The SMILES string of the molecule is C=C1[C@@H](CO[Si](C)(C)C(C)(C)C)[C@@H](O[Si](C)(C)C(C)(C)C)O[C@H]1n1ccc(NC(=O)OCC[C@@H](C(=O)OCC[Si](C)(C)C)N(NC(=O)OCC[Si](C)(C)C)C(=O)CCC2CCCCC2)nc1=O. The number of nitrogens with zero attached hydrogens (tertiary/aromatic N) is 3. The zero-order valence-corrected chi connectivity index (χ0v) is 48.0. The summed E-state index contributed by atoms with van der Waals surface area (Å²) in [4.78, 5) is 71.9. The van der Waals surface area contributed by atoms with Crippen molar-refractivity contribution in [2.75, 3.05) is 31.7 Å². The van der Waals surface area contributed by atoms with Gasteiger partial charge in [0.25, 0.3) is 0 Å². The molecule has 0 bridgehead atoms. The number of amides is 3. The molecule has 67 heavy (non-hydrogen) atoms. The molecule has 1 aromatic heterocycles. The number of hydrazine groups is 1. The fourth-order valence-electron chi connectivity index (χ4n) is 6.98. The van der Waals surface area contributed by atoms with Crippen LogP contribution in [-0.2, 0) is 37.4 Å². The number of ether oxygens (including phenoxy) is 4. The van der Waals surface area contributed by atoms with E-state index in [0.717, 1.165) is 36.7 Å². The molecule has 20 heteroatoms. The van der Waals surface area contributed by atoms with Crippen LogP contribution in [0.1, 0.15) is 99.1 Å². The molecule has 1 saturated heterocycles. The number of carbonyl (C=O) groups excluding carboxylic acids is 4. The first-order valence-electron chi connectivity index (χ1n) is 24.3. The molecule has 4 atom stereocenters. The minimum Gasteiger partial charge on any atom is -0.464 e. The molecule has 16 nitrogen and oxygen atoms in total. The molecule has 3 amide bonds. The van der Waals surface area contributed by atoms with Crippen LogP contribution in [0.3, 0.4) is 0 Å². The molecule has 1 saturated carbocycles. The zero-order valence-electron chi connectivity index (χ0n) is 44.0. The molecule has 3 rings (SSSR count). The number of hydrogen-bond acceptors (Lipinski definition) is 12. The molecular weight excluding hydrogens is 923 g/mol. The summed E-state index contributed by atoms with van der Waals surface area (Å²) < 4.78 is 37.9. The van der Waals surface area contributed by atoms with Crippen molar-refractivity contribution in [2.24, 2.45) is 11.8 Å². The highest BCUT2D eigenvalue weighted by atomic mass is 28.4. The quantitative estimate of drug-likeness (QED) is 0.0391. The van der Waals surface area contributed by atoms with Crippen molar-refractivity contribution in [3.05, 3.63) is 34.9 Å². The molecule has 0 radical (unpaired) electrons. The molecule has 0 aromatic carbocycles. The highest BCUT2D eigenvalue weighted by molar-refractivity contribution is 6.76. The van der Waals surface area contributed by atoms with Gasteiger partial charge in [0.05, 0.1) is 25.7 Å². The Kier molecular flexibility index (Phi) is 20.9. The second-order valence-electron chi connectivity index (χ2n) is 23.9. The standard InChI is InChI=1S/C47H87N5O11Si4/c1-34-36(33-61-66(14,15)46(2,3)4)42(63-67(16,17)47(5,6)7)62-40(34)51-27-25-38(48-43(51)55)49-44(56)59-28-26-37(41(54)58-29-31-64(8,9)10)52(50-45(57)60-30-32-65(11,12)13)39(53)24-23-35-21-19-18-20-22-35/h25,27,35-37,40,42H,1,18-24,26,28-33H2,2-17H3,(H,50,57)(H,48,49,55,56)/t36-,37+,40-,42-/m1/s1. The van der Waals surface area contributed by atoms with Crippen LogP contribution in [0.15, 0.2) is 29.2 Å². The smallest absolute Gasteiger partial charge is 0.426 e. The largest absolute Gasteiger partial charge is 0.464 e. The van der Waals surface area contributed by atoms with E-state index in [9.17, 15) is 24.0 Å². The van der Waals surface area contributed by atoms with Crippen LogP contribution in [0.5, 0.6) is 0 Å². The molecule has 1 aromatic rings. The van der Waals surface area contributed by atoms with Gasteiger partial charge in [0.2, 0.25) is 5.91 Å². The average molecular weight is 1010 g/mol. The molecular formula is C47H87N5O11Si4. The van der Waals surface area contributed by atoms with Gasteiger partial charge < -0.3 is 27.8 Å². The van der Waals surface area contributed by atoms with Crippen LogP contribution >= 0.6 is 0 Å². The number of anilines is 1. The summed E-state index contributed by atoms with van der Waals surface area (Å²) in [7, 11) is -7.65. The van der Waals surface area contributed by atoms with Gasteiger partial charge in [-0.15, -0.1) is 0 Å². The summed E-state index contributed by atoms with van der Waals surface area (Å²) >= 11 is 0. The number of esters is 1. The van der Waals surface area contributed by atoms with Crippen LogP contribution in [0, 0.1) is 11.8 Å². The van der Waals surface area contributed by atoms with E-state index in [0.29, 0.717) is 30.6 Å². The Labute approximate surface area is 405 Å². The third-order valence-electron chi connectivity index (χ3n) is 13.7. The number of hydrogen-bond donors (Lipinski definition) is 2. The Morgan fingerprint density at radius 2 is 1.40 bits per heavy atom. The Balaban J connectivity index is 1.80. The first-order chi connectivity index (χ1) is 30.7. The van der Waals surface area contributed by atoms with Gasteiger partial charge in [-0.05, 0) is 72.3 Å². The van der Waals surface area contributed by atoms with Gasteiger partial charge >= 0.3 is 23.8 Å². The van der Waals surface area contributed by atoms with Crippen molar-refractivity contribution in [3.63, 3.8) is 0 Å². The van der Waals surface area contributed by atoms with E-state index in [1.807, 2.05) is 0 Å². The first-order valence-corrected chi connectivity index (χ1v) is 37.6. The lowest BCUT2D eigenvalue weighted by Gasteiger charge is -2.40. The van der Waals surface area contributed by atoms with Gasteiger partial charge in [0, 0.05) is 41.8 Å². The molecule has 2 aliphatic rings. The first kappa shape index (κ1) is 58.2. The van der Waals surface area contributed by atoms with Crippen molar-refractivity contribution < 1.29 is 47.0 Å². The second-order valence-corrected chi connectivity index (χ2v) is 44.7. The normalized spacial score (nSPS) is 19.4. The lowest BCUT2D eigenvalue weighted by molar-refractivity contribution is -0.158. The molecule has 0 spiro atoms. The summed E-state index contributed by atoms with van der Waals surface area (Å²) in [6.45, 7) is 39.2. The van der Waals surface area contributed by atoms with E-state index in [2.05, 4.69) is 129 Å². The Hall–Kier alpha value is -3.15. The molecule has 2 fully saturated rings. The summed E-state index contributed by atoms with van der Waals surface area (Å²) in [5, 5.41) is 3.36. The van der Waals surface area contributed by atoms with Gasteiger partial charge in [-0.2, -0.15) is 4.98 Å². The monoisotopic (exact) mass is 1010 g/mol. The van der Waals surface area contributed by atoms with E-state index in [4.69, 9.17) is 27.8 Å². The summed E-state index contributed by atoms with van der Waals surface area (Å²) in [5.74, 6) is -1.25. The molecule has 2 heterocycles. The van der Waals surface area contributed by atoms with Gasteiger partial charge in [-0.25, -0.2) is 29.6 Å². The Bertz CT molecular complexity index is 1900. The van der Waals surface area contributed by atoms with Crippen molar-refractivity contribution >= 4 is 62.7 Å². The number of aromatic nitrogens is 2. The Morgan fingerprint density at radius 3 is 1.96 bits per heavy atom. The van der Waals surface area contributed by atoms with E-state index in [1.54, 1.807) is 0 Å². The predicted molar refractivity (Wildman–Crippen MR) is 274 cm³/mol. The minimum atomic E-state index is -2.34. The highest BCUT2D eigenvalue weighted by Crippen LogP contribution is 2.45. The van der Waals surface area contributed by atoms with Crippen molar-refractivity contribution in [1.29, 1.82) is 0 Å². The molecule has 1 aliphatic carbocycles. The molecule has 382 valence electrons.